The minimum absolute atomic E-state index is 0.364. The standard InChI is InChI=1S/C14H18ClNO3/c1-9(12(15)17)10-5-7-11(8-6-10)16-13(18)19-14(2,3)4/h5-9H,1-4H3,(H,16,18)/t9-/m1/s1. The fraction of sp³-hybridized carbons (Fsp3) is 0.429. The Morgan fingerprint density at radius 2 is 1.74 bits per heavy atom. The summed E-state index contributed by atoms with van der Waals surface area (Å²) < 4.78 is 5.13. The number of amides is 1. The Morgan fingerprint density at radius 3 is 2.16 bits per heavy atom. The third-order valence-corrected chi connectivity index (χ3v) is 2.72. The predicted molar refractivity (Wildman–Crippen MR) is 75.6 cm³/mol. The molecular formula is C14H18ClNO3. The number of carbonyl (C=O) groups excluding carboxylic acids is 2. The van der Waals surface area contributed by atoms with E-state index in [9.17, 15) is 9.59 Å². The number of carbonyl (C=O) groups is 2. The summed E-state index contributed by atoms with van der Waals surface area (Å²) in [4.78, 5) is 22.6. The van der Waals surface area contributed by atoms with E-state index >= 15 is 0 Å². The second-order valence-corrected chi connectivity index (χ2v) is 5.65. The van der Waals surface area contributed by atoms with Crippen LogP contribution in [0.1, 0.15) is 39.2 Å². The molecule has 104 valence electrons. The average molecular weight is 284 g/mol. The lowest BCUT2D eigenvalue weighted by Gasteiger charge is -2.19. The number of rotatable bonds is 3. The molecule has 0 unspecified atom stereocenters. The Kier molecular flexibility index (Phi) is 4.95. The number of halogens is 1. The van der Waals surface area contributed by atoms with Gasteiger partial charge in [-0.2, -0.15) is 0 Å². The number of nitrogens with one attached hydrogen (secondary N) is 1. The molecule has 0 fully saturated rings. The van der Waals surface area contributed by atoms with Gasteiger partial charge in [0.25, 0.3) is 0 Å². The van der Waals surface area contributed by atoms with Crippen molar-refractivity contribution in [1.29, 1.82) is 0 Å². The minimum atomic E-state index is -0.538. The molecule has 4 nitrogen and oxygen atoms in total. The summed E-state index contributed by atoms with van der Waals surface area (Å²) in [5.74, 6) is -0.364. The van der Waals surface area contributed by atoms with Crippen LogP contribution < -0.4 is 5.32 Å². The highest BCUT2D eigenvalue weighted by molar-refractivity contribution is 6.64. The molecule has 5 heteroatoms. The molecule has 1 rings (SSSR count). The van der Waals surface area contributed by atoms with Crippen molar-refractivity contribution in [3.05, 3.63) is 29.8 Å². The monoisotopic (exact) mass is 283 g/mol. The van der Waals surface area contributed by atoms with Crippen LogP contribution in [0.4, 0.5) is 10.5 Å². The van der Waals surface area contributed by atoms with E-state index in [4.69, 9.17) is 16.3 Å². The van der Waals surface area contributed by atoms with E-state index in [0.29, 0.717) is 5.69 Å². The van der Waals surface area contributed by atoms with E-state index < -0.39 is 16.9 Å². The van der Waals surface area contributed by atoms with E-state index in [1.165, 1.54) is 0 Å². The van der Waals surface area contributed by atoms with Gasteiger partial charge in [0.05, 0.1) is 5.92 Å². The third-order valence-electron chi connectivity index (χ3n) is 2.40. The molecule has 0 aromatic heterocycles. The molecule has 0 saturated carbocycles. The summed E-state index contributed by atoms with van der Waals surface area (Å²) in [5, 5.41) is 2.21. The molecule has 1 N–H and O–H groups in total. The third kappa shape index (κ3) is 5.30. The lowest BCUT2D eigenvalue weighted by Crippen LogP contribution is -2.27. The van der Waals surface area contributed by atoms with Gasteiger partial charge < -0.3 is 4.74 Å². The molecule has 0 spiro atoms. The van der Waals surface area contributed by atoms with Crippen LogP contribution in [0.25, 0.3) is 0 Å². The van der Waals surface area contributed by atoms with Crippen molar-refractivity contribution in [2.24, 2.45) is 0 Å². The van der Waals surface area contributed by atoms with Gasteiger partial charge in [-0.1, -0.05) is 19.1 Å². The lowest BCUT2D eigenvalue weighted by atomic mass is 10.0. The van der Waals surface area contributed by atoms with E-state index in [1.807, 2.05) is 0 Å². The van der Waals surface area contributed by atoms with Gasteiger partial charge in [0.2, 0.25) is 5.24 Å². The van der Waals surface area contributed by atoms with Gasteiger partial charge in [0, 0.05) is 5.69 Å². The average Bonchev–Trinajstić information content (AvgIpc) is 2.26. The van der Waals surface area contributed by atoms with Gasteiger partial charge in [0.15, 0.2) is 0 Å². The van der Waals surface area contributed by atoms with Crippen LogP contribution in [0.3, 0.4) is 0 Å². The van der Waals surface area contributed by atoms with Crippen LogP contribution in [0, 0.1) is 0 Å². The molecule has 0 saturated heterocycles. The zero-order chi connectivity index (χ0) is 14.6. The molecule has 1 aromatic carbocycles. The normalized spacial score (nSPS) is 12.7. The lowest BCUT2D eigenvalue weighted by molar-refractivity contribution is -0.112. The summed E-state index contributed by atoms with van der Waals surface area (Å²) in [7, 11) is 0. The van der Waals surface area contributed by atoms with Crippen LogP contribution >= 0.6 is 11.6 Å². The van der Waals surface area contributed by atoms with E-state index in [1.54, 1.807) is 52.0 Å². The van der Waals surface area contributed by atoms with Crippen molar-refractivity contribution in [3.63, 3.8) is 0 Å². The summed E-state index contributed by atoms with van der Waals surface area (Å²) in [6.45, 7) is 7.11. The maximum absolute atomic E-state index is 11.5. The number of hydrogen-bond donors (Lipinski definition) is 1. The Morgan fingerprint density at radius 1 is 1.21 bits per heavy atom. The number of benzene rings is 1. The summed E-state index contributed by atoms with van der Waals surface area (Å²) in [5.41, 5.74) is 0.866. The second-order valence-electron chi connectivity index (χ2n) is 5.27. The zero-order valence-electron chi connectivity index (χ0n) is 11.5. The molecule has 1 aromatic rings. The molecule has 1 atom stereocenters. The van der Waals surface area contributed by atoms with Crippen LogP contribution in [-0.2, 0) is 9.53 Å². The first kappa shape index (κ1) is 15.5. The fourth-order valence-corrected chi connectivity index (χ4v) is 1.53. The van der Waals surface area contributed by atoms with Gasteiger partial charge in [-0.15, -0.1) is 0 Å². The molecule has 0 aliphatic rings. The highest BCUT2D eigenvalue weighted by Crippen LogP contribution is 2.20. The van der Waals surface area contributed by atoms with E-state index in [-0.39, 0.29) is 5.92 Å². The first-order chi connectivity index (χ1) is 8.69. The molecule has 0 radical (unpaired) electrons. The molecule has 1 amide bonds. The van der Waals surface area contributed by atoms with Crippen molar-refractivity contribution in [1.82, 2.24) is 0 Å². The van der Waals surface area contributed by atoms with Crippen molar-refractivity contribution in [2.45, 2.75) is 39.2 Å². The van der Waals surface area contributed by atoms with Crippen LogP contribution in [0.2, 0.25) is 0 Å². The Balaban J connectivity index is 2.67. The van der Waals surface area contributed by atoms with E-state index in [0.717, 1.165) is 5.56 Å². The maximum Gasteiger partial charge on any atom is 0.412 e. The van der Waals surface area contributed by atoms with Crippen LogP contribution in [0.15, 0.2) is 24.3 Å². The van der Waals surface area contributed by atoms with Crippen molar-refractivity contribution < 1.29 is 14.3 Å². The topological polar surface area (TPSA) is 55.4 Å². The smallest absolute Gasteiger partial charge is 0.412 e. The first-order valence-corrected chi connectivity index (χ1v) is 6.36. The van der Waals surface area contributed by atoms with E-state index in [2.05, 4.69) is 5.32 Å². The Labute approximate surface area is 118 Å². The number of ether oxygens (including phenoxy) is 1. The predicted octanol–water partition coefficient (Wildman–Crippen LogP) is 3.90. The molecule has 0 bridgehead atoms. The number of hydrogen-bond acceptors (Lipinski definition) is 3. The van der Waals surface area contributed by atoms with Gasteiger partial charge in [-0.3, -0.25) is 10.1 Å². The Bertz CT molecular complexity index is 463. The summed E-state index contributed by atoms with van der Waals surface area (Å²) in [6.07, 6.45) is -0.512. The summed E-state index contributed by atoms with van der Waals surface area (Å²) >= 11 is 5.43. The first-order valence-electron chi connectivity index (χ1n) is 5.98. The molecule has 0 heterocycles. The van der Waals surface area contributed by atoms with Gasteiger partial charge >= 0.3 is 6.09 Å². The van der Waals surface area contributed by atoms with Crippen molar-refractivity contribution >= 4 is 28.6 Å². The van der Waals surface area contributed by atoms with Gasteiger partial charge in [-0.05, 0) is 50.1 Å². The number of anilines is 1. The van der Waals surface area contributed by atoms with Crippen LogP contribution in [-0.4, -0.2) is 16.9 Å². The molecule has 0 aliphatic heterocycles. The quantitative estimate of drug-likeness (QED) is 0.856. The molecule has 19 heavy (non-hydrogen) atoms. The highest BCUT2D eigenvalue weighted by Gasteiger charge is 2.16. The molecular weight excluding hydrogens is 266 g/mol. The SMILES string of the molecule is C[C@@H](C(=O)Cl)c1ccc(NC(=O)OC(C)(C)C)cc1. The van der Waals surface area contributed by atoms with Crippen molar-refractivity contribution in [3.8, 4) is 0 Å². The maximum atomic E-state index is 11.5. The van der Waals surface area contributed by atoms with Gasteiger partial charge in [0.1, 0.15) is 5.60 Å². The highest BCUT2D eigenvalue weighted by atomic mass is 35.5. The minimum Gasteiger partial charge on any atom is -0.444 e. The zero-order valence-corrected chi connectivity index (χ0v) is 12.2. The Hall–Kier alpha value is -1.55. The second kappa shape index (κ2) is 6.06. The molecule has 0 aliphatic carbocycles. The largest absolute Gasteiger partial charge is 0.444 e. The van der Waals surface area contributed by atoms with Crippen molar-refractivity contribution in [2.75, 3.05) is 5.32 Å². The summed E-state index contributed by atoms with van der Waals surface area (Å²) in [6, 6.07) is 6.90. The van der Waals surface area contributed by atoms with Crippen LogP contribution in [0.5, 0.6) is 0 Å². The fourth-order valence-electron chi connectivity index (χ4n) is 1.41. The van der Waals surface area contributed by atoms with Gasteiger partial charge in [-0.25, -0.2) is 4.79 Å².